The van der Waals surface area contributed by atoms with Crippen molar-refractivity contribution in [2.45, 2.75) is 6.92 Å². The Hall–Kier alpha value is -3.91. The molecule has 0 bridgehead atoms. The van der Waals surface area contributed by atoms with Gasteiger partial charge < -0.3 is 14.8 Å². The molecule has 2 amide bonds. The first kappa shape index (κ1) is 22.8. The van der Waals surface area contributed by atoms with Gasteiger partial charge in [-0.3, -0.25) is 14.6 Å². The summed E-state index contributed by atoms with van der Waals surface area (Å²) in [7, 11) is 0. The predicted molar refractivity (Wildman–Crippen MR) is 122 cm³/mol. The molecule has 0 saturated heterocycles. The number of nitrogens with one attached hydrogen (secondary N) is 2. The summed E-state index contributed by atoms with van der Waals surface area (Å²) in [5, 5.41) is 7.19. The molecular formula is C23H21ClN4O4. The number of hydrazone groups is 1. The number of aromatic nitrogens is 1. The summed E-state index contributed by atoms with van der Waals surface area (Å²) in [4.78, 5) is 28.1. The number of anilines is 1. The topological polar surface area (TPSA) is 102 Å². The number of rotatable bonds is 9. The van der Waals surface area contributed by atoms with Crippen molar-refractivity contribution < 1.29 is 19.1 Å². The van der Waals surface area contributed by atoms with Crippen molar-refractivity contribution in [2.75, 3.05) is 18.5 Å². The molecule has 0 spiro atoms. The largest absolute Gasteiger partial charge is 0.490 e. The van der Waals surface area contributed by atoms with Crippen LogP contribution in [-0.2, 0) is 4.79 Å². The quantitative estimate of drug-likeness (QED) is 0.378. The zero-order valence-electron chi connectivity index (χ0n) is 17.2. The number of halogens is 1. The first-order valence-corrected chi connectivity index (χ1v) is 10.1. The van der Waals surface area contributed by atoms with Gasteiger partial charge in [0.15, 0.2) is 18.1 Å². The maximum atomic E-state index is 12.2. The van der Waals surface area contributed by atoms with E-state index in [1.807, 2.05) is 6.92 Å². The van der Waals surface area contributed by atoms with E-state index < -0.39 is 0 Å². The Kier molecular flexibility index (Phi) is 8.16. The third-order valence-corrected chi connectivity index (χ3v) is 4.27. The standard InChI is InChI=1S/C23H21ClN4O4/c1-2-31-21-11-16(13-26-28-23(30)17-5-4-10-25-14-17)8-9-20(21)32-15-22(29)27-19-7-3-6-18(24)12-19/h3-14H,2,15H2,1H3,(H,27,29)(H,28,30)/b26-13-. The summed E-state index contributed by atoms with van der Waals surface area (Å²) in [5.41, 5.74) is 4.10. The first-order valence-electron chi connectivity index (χ1n) is 9.73. The number of hydrogen-bond donors (Lipinski definition) is 2. The number of ether oxygens (including phenoxy) is 2. The number of amides is 2. The number of hydrogen-bond acceptors (Lipinski definition) is 6. The van der Waals surface area contributed by atoms with Crippen LogP contribution in [0.25, 0.3) is 0 Å². The fourth-order valence-electron chi connectivity index (χ4n) is 2.63. The van der Waals surface area contributed by atoms with Crippen LogP contribution in [0.1, 0.15) is 22.8 Å². The molecule has 3 rings (SSSR count). The summed E-state index contributed by atoms with van der Waals surface area (Å²) in [6.07, 6.45) is 4.51. The summed E-state index contributed by atoms with van der Waals surface area (Å²) >= 11 is 5.92. The molecule has 2 aromatic carbocycles. The minimum Gasteiger partial charge on any atom is -0.490 e. The van der Waals surface area contributed by atoms with E-state index in [9.17, 15) is 9.59 Å². The molecule has 0 aliphatic heterocycles. The number of nitrogens with zero attached hydrogens (tertiary/aromatic N) is 2. The molecule has 0 radical (unpaired) electrons. The molecule has 0 aliphatic rings. The van der Waals surface area contributed by atoms with Crippen LogP contribution in [-0.4, -0.2) is 36.2 Å². The van der Waals surface area contributed by atoms with E-state index in [0.29, 0.717) is 39.9 Å². The second-order valence-electron chi connectivity index (χ2n) is 6.43. The molecule has 9 heteroatoms. The molecule has 0 fully saturated rings. The Morgan fingerprint density at radius 3 is 2.72 bits per heavy atom. The average Bonchev–Trinajstić information content (AvgIpc) is 2.79. The molecule has 0 aliphatic carbocycles. The van der Waals surface area contributed by atoms with Gasteiger partial charge >= 0.3 is 0 Å². The lowest BCUT2D eigenvalue weighted by atomic mass is 10.2. The zero-order chi connectivity index (χ0) is 22.8. The number of carbonyl (C=O) groups excluding carboxylic acids is 2. The minimum atomic E-state index is -0.370. The Morgan fingerprint density at radius 2 is 1.97 bits per heavy atom. The van der Waals surface area contributed by atoms with Crippen LogP contribution < -0.4 is 20.2 Å². The molecule has 3 aromatic rings. The maximum Gasteiger partial charge on any atom is 0.272 e. The second kappa shape index (κ2) is 11.5. The van der Waals surface area contributed by atoms with Gasteiger partial charge in [-0.05, 0) is 61.0 Å². The van der Waals surface area contributed by atoms with Crippen LogP contribution in [0.2, 0.25) is 5.02 Å². The first-order chi connectivity index (χ1) is 15.5. The van der Waals surface area contributed by atoms with Crippen molar-refractivity contribution >= 4 is 35.3 Å². The molecule has 1 heterocycles. The molecule has 32 heavy (non-hydrogen) atoms. The lowest BCUT2D eigenvalue weighted by molar-refractivity contribution is -0.118. The van der Waals surface area contributed by atoms with Crippen molar-refractivity contribution in [3.63, 3.8) is 0 Å². The predicted octanol–water partition coefficient (Wildman–Crippen LogP) is 3.92. The van der Waals surface area contributed by atoms with Crippen molar-refractivity contribution in [2.24, 2.45) is 5.10 Å². The van der Waals surface area contributed by atoms with Gasteiger partial charge in [-0.2, -0.15) is 5.10 Å². The minimum absolute atomic E-state index is 0.207. The zero-order valence-corrected chi connectivity index (χ0v) is 18.0. The van der Waals surface area contributed by atoms with Crippen LogP contribution in [0.15, 0.2) is 72.1 Å². The number of pyridine rings is 1. The fourth-order valence-corrected chi connectivity index (χ4v) is 2.82. The van der Waals surface area contributed by atoms with E-state index in [0.717, 1.165) is 0 Å². The van der Waals surface area contributed by atoms with Crippen LogP contribution in [0.5, 0.6) is 11.5 Å². The monoisotopic (exact) mass is 452 g/mol. The lowest BCUT2D eigenvalue weighted by Crippen LogP contribution is -2.20. The van der Waals surface area contributed by atoms with Gasteiger partial charge in [-0.25, -0.2) is 5.43 Å². The smallest absolute Gasteiger partial charge is 0.272 e. The van der Waals surface area contributed by atoms with Crippen molar-refractivity contribution in [3.05, 3.63) is 83.1 Å². The van der Waals surface area contributed by atoms with Gasteiger partial charge in [0.1, 0.15) is 0 Å². The SMILES string of the molecule is CCOc1cc(/C=N\NC(=O)c2cccnc2)ccc1OCC(=O)Nc1cccc(Cl)c1. The summed E-state index contributed by atoms with van der Waals surface area (Å²) in [5.74, 6) is 0.152. The van der Waals surface area contributed by atoms with E-state index in [2.05, 4.69) is 20.8 Å². The van der Waals surface area contributed by atoms with E-state index in [1.165, 1.54) is 12.4 Å². The van der Waals surface area contributed by atoms with E-state index in [-0.39, 0.29) is 18.4 Å². The third kappa shape index (κ3) is 6.82. The maximum absolute atomic E-state index is 12.2. The van der Waals surface area contributed by atoms with Crippen LogP contribution in [0, 0.1) is 0 Å². The van der Waals surface area contributed by atoms with Crippen molar-refractivity contribution in [1.29, 1.82) is 0 Å². The van der Waals surface area contributed by atoms with Gasteiger partial charge in [0.2, 0.25) is 0 Å². The van der Waals surface area contributed by atoms with Gasteiger partial charge in [-0.1, -0.05) is 17.7 Å². The van der Waals surface area contributed by atoms with Crippen LogP contribution in [0.3, 0.4) is 0 Å². The van der Waals surface area contributed by atoms with Crippen LogP contribution >= 0.6 is 11.6 Å². The van der Waals surface area contributed by atoms with Crippen molar-refractivity contribution in [3.8, 4) is 11.5 Å². The molecule has 0 saturated carbocycles. The lowest BCUT2D eigenvalue weighted by Gasteiger charge is -2.12. The van der Waals surface area contributed by atoms with Gasteiger partial charge in [0, 0.05) is 23.1 Å². The molecule has 1 aromatic heterocycles. The highest BCUT2D eigenvalue weighted by Crippen LogP contribution is 2.28. The molecule has 164 valence electrons. The Morgan fingerprint density at radius 1 is 1.09 bits per heavy atom. The Balaban J connectivity index is 1.59. The van der Waals surface area contributed by atoms with Crippen molar-refractivity contribution in [1.82, 2.24) is 10.4 Å². The average molecular weight is 453 g/mol. The highest BCUT2D eigenvalue weighted by atomic mass is 35.5. The van der Waals surface area contributed by atoms with E-state index in [4.69, 9.17) is 21.1 Å². The Labute approximate surface area is 190 Å². The highest BCUT2D eigenvalue weighted by molar-refractivity contribution is 6.30. The normalized spacial score (nSPS) is 10.6. The fraction of sp³-hybridized carbons (Fsp3) is 0.130. The third-order valence-electron chi connectivity index (χ3n) is 4.04. The summed E-state index contributed by atoms with van der Waals surface area (Å²) < 4.78 is 11.2. The summed E-state index contributed by atoms with van der Waals surface area (Å²) in [6, 6.07) is 15.2. The van der Waals surface area contributed by atoms with E-state index >= 15 is 0 Å². The molecule has 0 unspecified atom stereocenters. The number of carbonyl (C=O) groups is 2. The Bertz CT molecular complexity index is 1110. The number of benzene rings is 2. The summed E-state index contributed by atoms with van der Waals surface area (Å²) in [6.45, 7) is 2.04. The molecular weight excluding hydrogens is 432 g/mol. The van der Waals surface area contributed by atoms with Gasteiger partial charge in [0.05, 0.1) is 18.4 Å². The van der Waals surface area contributed by atoms with E-state index in [1.54, 1.807) is 60.8 Å². The molecule has 8 nitrogen and oxygen atoms in total. The second-order valence-corrected chi connectivity index (χ2v) is 6.86. The van der Waals surface area contributed by atoms with Crippen LogP contribution in [0.4, 0.5) is 5.69 Å². The van der Waals surface area contributed by atoms with Gasteiger partial charge in [-0.15, -0.1) is 0 Å². The van der Waals surface area contributed by atoms with Gasteiger partial charge in [0.25, 0.3) is 11.8 Å². The molecule has 0 atom stereocenters. The molecule has 2 N–H and O–H groups in total. The highest BCUT2D eigenvalue weighted by Gasteiger charge is 2.10.